The van der Waals surface area contributed by atoms with Crippen molar-refractivity contribution in [3.63, 3.8) is 0 Å². The summed E-state index contributed by atoms with van der Waals surface area (Å²) in [4.78, 5) is 25.9. The highest BCUT2D eigenvalue weighted by Gasteiger charge is 2.28. The molecule has 1 atom stereocenters. The highest BCUT2D eigenvalue weighted by atomic mass is 16.4. The maximum absolute atomic E-state index is 12.5. The van der Waals surface area contributed by atoms with Gasteiger partial charge >= 0.3 is 0 Å². The number of aromatic nitrogens is 3. The standard InChI is InChI=1S/C16H16N4O2/c1-10-3-2-8-20(10)16(21)13-5-4-12(22-13)14-11-6-7-17-15(11)19-9-18-14/h4-7,9-10H,2-3,8H2,1H3,(H,17,18,19). The van der Waals surface area contributed by atoms with Crippen LogP contribution in [0.25, 0.3) is 22.5 Å². The summed E-state index contributed by atoms with van der Waals surface area (Å²) in [5.74, 6) is 0.906. The molecule has 4 rings (SSSR count). The molecule has 1 amide bonds. The lowest BCUT2D eigenvalue weighted by Gasteiger charge is -2.19. The number of likely N-dealkylation sites (tertiary alicyclic amines) is 1. The lowest BCUT2D eigenvalue weighted by Crippen LogP contribution is -2.33. The molecule has 112 valence electrons. The van der Waals surface area contributed by atoms with Gasteiger partial charge in [-0.05, 0) is 38.0 Å². The van der Waals surface area contributed by atoms with Crippen molar-refractivity contribution in [2.24, 2.45) is 0 Å². The first-order valence-corrected chi connectivity index (χ1v) is 7.43. The van der Waals surface area contributed by atoms with Gasteiger partial charge in [0.05, 0.1) is 0 Å². The van der Waals surface area contributed by atoms with Gasteiger partial charge in [0.15, 0.2) is 11.5 Å². The number of nitrogens with one attached hydrogen (secondary N) is 1. The number of fused-ring (bicyclic) bond motifs is 1. The fourth-order valence-electron chi connectivity index (χ4n) is 3.03. The summed E-state index contributed by atoms with van der Waals surface area (Å²) in [5, 5.41) is 0.880. The van der Waals surface area contributed by atoms with E-state index in [0.29, 0.717) is 17.2 Å². The average molecular weight is 296 g/mol. The topological polar surface area (TPSA) is 75.0 Å². The van der Waals surface area contributed by atoms with Crippen molar-refractivity contribution in [1.82, 2.24) is 19.9 Å². The molecule has 6 nitrogen and oxygen atoms in total. The van der Waals surface area contributed by atoms with Gasteiger partial charge in [-0.3, -0.25) is 4.79 Å². The van der Waals surface area contributed by atoms with Gasteiger partial charge in [0.2, 0.25) is 0 Å². The normalized spacial score (nSPS) is 18.2. The third kappa shape index (κ3) is 1.99. The van der Waals surface area contributed by atoms with Gasteiger partial charge in [-0.25, -0.2) is 9.97 Å². The Morgan fingerprint density at radius 2 is 2.27 bits per heavy atom. The first kappa shape index (κ1) is 13.1. The minimum absolute atomic E-state index is 0.0457. The Morgan fingerprint density at radius 1 is 1.36 bits per heavy atom. The lowest BCUT2D eigenvalue weighted by molar-refractivity contribution is 0.0716. The van der Waals surface area contributed by atoms with E-state index in [2.05, 4.69) is 21.9 Å². The molecule has 0 aliphatic carbocycles. The lowest BCUT2D eigenvalue weighted by atomic mass is 10.2. The van der Waals surface area contributed by atoms with Gasteiger partial charge < -0.3 is 14.3 Å². The molecule has 6 heteroatoms. The van der Waals surface area contributed by atoms with Crippen molar-refractivity contribution in [3.05, 3.63) is 36.5 Å². The third-order valence-corrected chi connectivity index (χ3v) is 4.22. The van der Waals surface area contributed by atoms with E-state index in [0.717, 1.165) is 30.4 Å². The molecule has 0 saturated carbocycles. The SMILES string of the molecule is CC1CCCN1C(=O)c1ccc(-c2ncnc3[nH]ccc23)o1. The van der Waals surface area contributed by atoms with Crippen LogP contribution >= 0.6 is 0 Å². The molecule has 1 fully saturated rings. The maximum atomic E-state index is 12.5. The van der Waals surface area contributed by atoms with Crippen molar-refractivity contribution >= 4 is 16.9 Å². The van der Waals surface area contributed by atoms with E-state index < -0.39 is 0 Å². The number of hydrogen-bond acceptors (Lipinski definition) is 4. The van der Waals surface area contributed by atoms with Crippen LogP contribution in [0.2, 0.25) is 0 Å². The Labute approximate surface area is 127 Å². The predicted molar refractivity (Wildman–Crippen MR) is 81.3 cm³/mol. The molecule has 1 aliphatic rings. The van der Waals surface area contributed by atoms with Crippen LogP contribution in [0.1, 0.15) is 30.3 Å². The molecule has 0 radical (unpaired) electrons. The third-order valence-electron chi connectivity index (χ3n) is 4.22. The fourth-order valence-corrected chi connectivity index (χ4v) is 3.03. The zero-order valence-corrected chi connectivity index (χ0v) is 12.2. The highest BCUT2D eigenvalue weighted by Crippen LogP contribution is 2.28. The number of aromatic amines is 1. The van der Waals surface area contributed by atoms with Crippen molar-refractivity contribution in [3.8, 4) is 11.5 Å². The first-order valence-electron chi connectivity index (χ1n) is 7.43. The number of furan rings is 1. The molecule has 3 aromatic heterocycles. The summed E-state index contributed by atoms with van der Waals surface area (Å²) < 4.78 is 5.77. The summed E-state index contributed by atoms with van der Waals surface area (Å²) in [7, 11) is 0. The Balaban J connectivity index is 1.69. The minimum atomic E-state index is -0.0457. The molecule has 1 saturated heterocycles. The molecule has 1 aliphatic heterocycles. The van der Waals surface area contributed by atoms with Crippen molar-refractivity contribution < 1.29 is 9.21 Å². The van der Waals surface area contributed by atoms with Gasteiger partial charge in [0, 0.05) is 24.2 Å². The Bertz CT molecular complexity index is 835. The molecular weight excluding hydrogens is 280 g/mol. The molecule has 0 spiro atoms. The van der Waals surface area contributed by atoms with E-state index in [1.807, 2.05) is 17.2 Å². The van der Waals surface area contributed by atoms with Crippen LogP contribution < -0.4 is 0 Å². The molecule has 0 bridgehead atoms. The summed E-state index contributed by atoms with van der Waals surface area (Å²) in [6, 6.07) is 5.69. The van der Waals surface area contributed by atoms with E-state index >= 15 is 0 Å². The van der Waals surface area contributed by atoms with E-state index in [9.17, 15) is 4.79 Å². The van der Waals surface area contributed by atoms with E-state index in [1.165, 1.54) is 6.33 Å². The quantitative estimate of drug-likeness (QED) is 0.789. The van der Waals surface area contributed by atoms with E-state index in [4.69, 9.17) is 4.42 Å². The monoisotopic (exact) mass is 296 g/mol. The van der Waals surface area contributed by atoms with Crippen molar-refractivity contribution in [1.29, 1.82) is 0 Å². The smallest absolute Gasteiger partial charge is 0.289 e. The molecule has 1 unspecified atom stereocenters. The van der Waals surface area contributed by atoms with Gasteiger partial charge in [0.25, 0.3) is 5.91 Å². The van der Waals surface area contributed by atoms with E-state index in [1.54, 1.807) is 12.1 Å². The zero-order chi connectivity index (χ0) is 15.1. The maximum Gasteiger partial charge on any atom is 0.289 e. The number of hydrogen-bond donors (Lipinski definition) is 1. The summed E-state index contributed by atoms with van der Waals surface area (Å²) in [5.41, 5.74) is 1.45. The second-order valence-electron chi connectivity index (χ2n) is 5.62. The predicted octanol–water partition coefficient (Wildman–Crippen LogP) is 2.84. The second kappa shape index (κ2) is 4.98. The highest BCUT2D eigenvalue weighted by molar-refractivity contribution is 5.94. The first-order chi connectivity index (χ1) is 10.7. The van der Waals surface area contributed by atoms with Crippen molar-refractivity contribution in [2.75, 3.05) is 6.54 Å². The summed E-state index contributed by atoms with van der Waals surface area (Å²) in [6.07, 6.45) is 5.40. The number of carbonyl (C=O) groups excluding carboxylic acids is 1. The van der Waals surface area contributed by atoms with Crippen LogP contribution in [-0.2, 0) is 0 Å². The van der Waals surface area contributed by atoms with Crippen LogP contribution in [-0.4, -0.2) is 38.3 Å². The largest absolute Gasteiger partial charge is 0.449 e. The molecule has 4 heterocycles. The Kier molecular flexibility index (Phi) is 2.96. The van der Waals surface area contributed by atoms with Gasteiger partial charge in [-0.15, -0.1) is 0 Å². The number of nitrogens with zero attached hydrogens (tertiary/aromatic N) is 3. The molecule has 3 aromatic rings. The van der Waals surface area contributed by atoms with Crippen LogP contribution in [0.4, 0.5) is 0 Å². The van der Waals surface area contributed by atoms with Crippen LogP contribution in [0.5, 0.6) is 0 Å². The van der Waals surface area contributed by atoms with Gasteiger partial charge in [-0.1, -0.05) is 0 Å². The van der Waals surface area contributed by atoms with Crippen molar-refractivity contribution in [2.45, 2.75) is 25.8 Å². The zero-order valence-electron chi connectivity index (χ0n) is 12.2. The average Bonchev–Trinajstić information content (AvgIpc) is 3.26. The molecular formula is C16H16N4O2. The molecule has 0 aromatic carbocycles. The van der Waals surface area contributed by atoms with Crippen LogP contribution in [0, 0.1) is 0 Å². The Hall–Kier alpha value is -2.63. The number of H-pyrrole nitrogens is 1. The summed E-state index contributed by atoms with van der Waals surface area (Å²) in [6.45, 7) is 2.87. The van der Waals surface area contributed by atoms with Gasteiger partial charge in [-0.2, -0.15) is 0 Å². The number of carbonyl (C=O) groups is 1. The minimum Gasteiger partial charge on any atom is -0.449 e. The molecule has 1 N–H and O–H groups in total. The van der Waals surface area contributed by atoms with E-state index in [-0.39, 0.29) is 11.9 Å². The summed E-state index contributed by atoms with van der Waals surface area (Å²) >= 11 is 0. The Morgan fingerprint density at radius 3 is 3.09 bits per heavy atom. The second-order valence-corrected chi connectivity index (χ2v) is 5.62. The fraction of sp³-hybridized carbons (Fsp3) is 0.312. The molecule has 22 heavy (non-hydrogen) atoms. The van der Waals surface area contributed by atoms with Crippen LogP contribution in [0.15, 0.2) is 35.1 Å². The number of rotatable bonds is 2. The number of amides is 1. The van der Waals surface area contributed by atoms with Gasteiger partial charge in [0.1, 0.15) is 17.7 Å². The van der Waals surface area contributed by atoms with Crippen LogP contribution in [0.3, 0.4) is 0 Å².